The fraction of sp³-hybridized carbons (Fsp3) is 0.304. The van der Waals surface area contributed by atoms with Crippen LogP contribution in [0.3, 0.4) is 0 Å². The molecule has 0 saturated carbocycles. The number of allylic oxidation sites excluding steroid dienone is 1. The minimum atomic E-state index is -0.451. The molecule has 0 saturated heterocycles. The molecule has 2 amide bonds. The van der Waals surface area contributed by atoms with Gasteiger partial charge in [0.1, 0.15) is 12.4 Å². The van der Waals surface area contributed by atoms with Gasteiger partial charge in [-0.3, -0.25) is 4.79 Å². The van der Waals surface area contributed by atoms with E-state index in [0.717, 1.165) is 16.8 Å². The Hall–Kier alpha value is -3.08. The molecule has 1 aliphatic carbocycles. The fourth-order valence-electron chi connectivity index (χ4n) is 3.93. The molecular weight excluding hydrogens is 352 g/mol. The quantitative estimate of drug-likeness (QED) is 0.838. The van der Waals surface area contributed by atoms with E-state index in [4.69, 9.17) is 4.74 Å². The summed E-state index contributed by atoms with van der Waals surface area (Å²) < 4.78 is 5.92. The topological polar surface area (TPSA) is 67.4 Å². The zero-order valence-electron chi connectivity index (χ0n) is 16.1. The maximum atomic E-state index is 12.8. The molecule has 144 valence electrons. The highest BCUT2D eigenvalue weighted by molar-refractivity contribution is 6.01. The van der Waals surface area contributed by atoms with Gasteiger partial charge in [-0.2, -0.15) is 0 Å². The van der Waals surface area contributed by atoms with E-state index in [9.17, 15) is 9.59 Å². The molecule has 5 heteroatoms. The van der Waals surface area contributed by atoms with Gasteiger partial charge in [-0.05, 0) is 35.1 Å². The number of carbonyl (C=O) groups is 2. The molecule has 1 aliphatic heterocycles. The summed E-state index contributed by atoms with van der Waals surface area (Å²) in [6.45, 7) is 4.57. The molecule has 1 unspecified atom stereocenters. The third-order valence-electron chi connectivity index (χ3n) is 5.19. The van der Waals surface area contributed by atoms with Crippen LogP contribution in [-0.4, -0.2) is 11.8 Å². The zero-order valence-corrected chi connectivity index (χ0v) is 16.1. The number of benzene rings is 2. The second kappa shape index (κ2) is 7.15. The van der Waals surface area contributed by atoms with Crippen molar-refractivity contribution in [3.8, 4) is 5.75 Å². The normalized spacial score (nSPS) is 20.9. The fourth-order valence-corrected chi connectivity index (χ4v) is 3.93. The standard InChI is InChI=1S/C23H24N2O3/c1-23(2)12-18-20(19(26)13-23)21(25-22(27)24-18)16-9-6-10-17(11-16)28-14-15-7-4-3-5-8-15/h3-11,21H,12-14H2,1-2H3,(H2,24,25,27). The van der Waals surface area contributed by atoms with Gasteiger partial charge in [-0.25, -0.2) is 4.79 Å². The van der Waals surface area contributed by atoms with Gasteiger partial charge in [-0.1, -0.05) is 56.3 Å². The first-order chi connectivity index (χ1) is 13.4. The van der Waals surface area contributed by atoms with E-state index in [0.29, 0.717) is 30.8 Å². The van der Waals surface area contributed by atoms with Crippen molar-refractivity contribution in [3.05, 3.63) is 77.0 Å². The smallest absolute Gasteiger partial charge is 0.319 e. The molecule has 28 heavy (non-hydrogen) atoms. The van der Waals surface area contributed by atoms with Crippen LogP contribution in [0.2, 0.25) is 0 Å². The van der Waals surface area contributed by atoms with Gasteiger partial charge in [0.05, 0.1) is 6.04 Å². The molecule has 2 N–H and O–H groups in total. The molecule has 2 aliphatic rings. The monoisotopic (exact) mass is 376 g/mol. The number of hydrogen-bond donors (Lipinski definition) is 2. The van der Waals surface area contributed by atoms with Crippen LogP contribution in [0.5, 0.6) is 5.75 Å². The lowest BCUT2D eigenvalue weighted by Crippen LogP contribution is -2.48. The third-order valence-corrected chi connectivity index (χ3v) is 5.19. The van der Waals surface area contributed by atoms with Crippen molar-refractivity contribution >= 4 is 11.8 Å². The maximum Gasteiger partial charge on any atom is 0.319 e. The van der Waals surface area contributed by atoms with Crippen LogP contribution in [-0.2, 0) is 11.4 Å². The highest BCUT2D eigenvalue weighted by Crippen LogP contribution is 2.41. The van der Waals surface area contributed by atoms with Crippen LogP contribution in [0, 0.1) is 5.41 Å². The molecule has 0 aromatic heterocycles. The van der Waals surface area contributed by atoms with E-state index >= 15 is 0 Å². The maximum absolute atomic E-state index is 12.8. The molecule has 1 heterocycles. The summed E-state index contributed by atoms with van der Waals surface area (Å²) in [7, 11) is 0. The predicted molar refractivity (Wildman–Crippen MR) is 107 cm³/mol. The Morgan fingerprint density at radius 1 is 1.04 bits per heavy atom. The molecule has 0 spiro atoms. The van der Waals surface area contributed by atoms with Crippen molar-refractivity contribution < 1.29 is 14.3 Å². The number of carbonyl (C=O) groups excluding carboxylic acids is 2. The van der Waals surface area contributed by atoms with Crippen molar-refractivity contribution in [1.29, 1.82) is 0 Å². The third kappa shape index (κ3) is 3.79. The molecule has 4 rings (SSSR count). The first-order valence-corrected chi connectivity index (χ1v) is 9.52. The second-order valence-corrected chi connectivity index (χ2v) is 8.21. The van der Waals surface area contributed by atoms with E-state index in [-0.39, 0.29) is 17.2 Å². The predicted octanol–water partition coefficient (Wildman–Crippen LogP) is 4.26. The molecule has 0 bridgehead atoms. The Labute approximate surface area is 164 Å². The number of ether oxygens (including phenoxy) is 1. The second-order valence-electron chi connectivity index (χ2n) is 8.21. The lowest BCUT2D eigenvalue weighted by Gasteiger charge is -2.38. The Balaban J connectivity index is 1.61. The molecule has 0 fully saturated rings. The average molecular weight is 376 g/mol. The number of urea groups is 1. The number of amides is 2. The largest absolute Gasteiger partial charge is 0.489 e. The van der Waals surface area contributed by atoms with Crippen molar-refractivity contribution in [3.63, 3.8) is 0 Å². The van der Waals surface area contributed by atoms with E-state index in [1.807, 2.05) is 54.6 Å². The van der Waals surface area contributed by atoms with Crippen molar-refractivity contribution in [2.45, 2.75) is 39.3 Å². The molecule has 0 radical (unpaired) electrons. The first kappa shape index (κ1) is 18.3. The van der Waals surface area contributed by atoms with Gasteiger partial charge in [0.25, 0.3) is 0 Å². The number of Topliss-reactive ketones (excluding diaryl/α,β-unsaturated/α-hetero) is 1. The molecule has 5 nitrogen and oxygen atoms in total. The van der Waals surface area contributed by atoms with Crippen LogP contribution in [0.15, 0.2) is 65.9 Å². The van der Waals surface area contributed by atoms with Crippen molar-refractivity contribution in [2.24, 2.45) is 5.41 Å². The Morgan fingerprint density at radius 3 is 2.61 bits per heavy atom. The van der Waals surface area contributed by atoms with Gasteiger partial charge >= 0.3 is 6.03 Å². The summed E-state index contributed by atoms with van der Waals surface area (Å²) in [6, 6.07) is 16.8. The Kier molecular flexibility index (Phi) is 4.67. The van der Waals surface area contributed by atoms with Crippen LogP contribution in [0.4, 0.5) is 4.79 Å². The number of hydrogen-bond acceptors (Lipinski definition) is 3. The SMILES string of the molecule is CC1(C)CC(=O)C2=C(C1)NC(=O)NC2c1cccc(OCc2ccccc2)c1. The van der Waals surface area contributed by atoms with Crippen LogP contribution < -0.4 is 15.4 Å². The van der Waals surface area contributed by atoms with Gasteiger partial charge < -0.3 is 15.4 Å². The molecular formula is C23H24N2O3. The van der Waals surface area contributed by atoms with Gasteiger partial charge in [0, 0.05) is 17.7 Å². The minimum absolute atomic E-state index is 0.0827. The van der Waals surface area contributed by atoms with Crippen LogP contribution in [0.1, 0.15) is 43.9 Å². The highest BCUT2D eigenvalue weighted by atomic mass is 16.5. The Morgan fingerprint density at radius 2 is 1.82 bits per heavy atom. The van der Waals surface area contributed by atoms with Crippen molar-refractivity contribution in [1.82, 2.24) is 10.6 Å². The summed E-state index contributed by atoms with van der Waals surface area (Å²) in [4.78, 5) is 25.1. The molecule has 2 aromatic carbocycles. The first-order valence-electron chi connectivity index (χ1n) is 9.52. The van der Waals surface area contributed by atoms with E-state index < -0.39 is 6.04 Å². The Bertz CT molecular complexity index is 947. The van der Waals surface area contributed by atoms with Crippen LogP contribution in [0.25, 0.3) is 0 Å². The van der Waals surface area contributed by atoms with E-state index in [1.165, 1.54) is 0 Å². The summed E-state index contributed by atoms with van der Waals surface area (Å²) in [5.74, 6) is 0.791. The molecule has 2 aromatic rings. The summed E-state index contributed by atoms with van der Waals surface area (Å²) in [5.41, 5.74) is 3.19. The minimum Gasteiger partial charge on any atom is -0.489 e. The number of ketones is 1. The molecule has 1 atom stereocenters. The van der Waals surface area contributed by atoms with E-state index in [2.05, 4.69) is 24.5 Å². The number of rotatable bonds is 4. The number of nitrogens with one attached hydrogen (secondary N) is 2. The highest BCUT2D eigenvalue weighted by Gasteiger charge is 2.40. The average Bonchev–Trinajstić information content (AvgIpc) is 2.65. The van der Waals surface area contributed by atoms with Gasteiger partial charge in [-0.15, -0.1) is 0 Å². The van der Waals surface area contributed by atoms with Gasteiger partial charge in [0.15, 0.2) is 5.78 Å². The van der Waals surface area contributed by atoms with E-state index in [1.54, 1.807) is 0 Å². The summed E-state index contributed by atoms with van der Waals surface area (Å²) >= 11 is 0. The van der Waals surface area contributed by atoms with Crippen LogP contribution >= 0.6 is 0 Å². The summed E-state index contributed by atoms with van der Waals surface area (Å²) in [5, 5.41) is 5.75. The lowest BCUT2D eigenvalue weighted by molar-refractivity contribution is -0.118. The van der Waals surface area contributed by atoms with Crippen molar-refractivity contribution in [2.75, 3.05) is 0 Å². The van der Waals surface area contributed by atoms with Gasteiger partial charge in [0.2, 0.25) is 0 Å². The summed E-state index contributed by atoms with van der Waals surface area (Å²) in [6.07, 6.45) is 1.16. The zero-order chi connectivity index (χ0) is 19.7. The lowest BCUT2D eigenvalue weighted by atomic mass is 9.73.